The van der Waals surface area contributed by atoms with Crippen LogP contribution in [0.3, 0.4) is 0 Å². The second-order valence-electron chi connectivity index (χ2n) is 5.50. The molecule has 0 bridgehead atoms. The van der Waals surface area contributed by atoms with Gasteiger partial charge in [0.2, 0.25) is 0 Å². The Morgan fingerprint density at radius 3 is 1.93 bits per heavy atom. The number of hydrogen-bond donors (Lipinski definition) is 3. The van der Waals surface area contributed by atoms with Gasteiger partial charge in [-0.3, -0.25) is 5.32 Å². The minimum absolute atomic E-state index is 0.0135. The average molecular weight is 201 g/mol. The van der Waals surface area contributed by atoms with Crippen LogP contribution in [-0.2, 0) is 0 Å². The van der Waals surface area contributed by atoms with Gasteiger partial charge in [0.1, 0.15) is 0 Å². The predicted molar refractivity (Wildman–Crippen MR) is 63.2 cm³/mol. The zero-order valence-corrected chi connectivity index (χ0v) is 10.6. The zero-order valence-electron chi connectivity index (χ0n) is 10.6. The van der Waals surface area contributed by atoms with Crippen molar-refractivity contribution in [3.8, 4) is 0 Å². The Morgan fingerprint density at radius 2 is 1.50 bits per heavy atom. The molecule has 14 heavy (non-hydrogen) atoms. The van der Waals surface area contributed by atoms with Crippen molar-refractivity contribution in [3.63, 3.8) is 0 Å². The normalized spacial score (nSPS) is 13.3. The highest BCUT2D eigenvalue weighted by Gasteiger charge is 2.14. The van der Waals surface area contributed by atoms with E-state index in [1.807, 2.05) is 0 Å². The Kier molecular flexibility index (Phi) is 5.64. The molecule has 3 N–H and O–H groups in total. The third-order valence-electron chi connectivity index (χ3n) is 1.93. The maximum Gasteiger partial charge on any atom is 0.0638 e. The molecule has 0 amide bonds. The van der Waals surface area contributed by atoms with Crippen LogP contribution < -0.4 is 16.0 Å². The standard InChI is InChI=1S/C11H27N3/c1-7-13-11(5,6)14-9-12-8-10(2,3)4/h12-14H,7-9H2,1-6H3. The van der Waals surface area contributed by atoms with Gasteiger partial charge in [-0.1, -0.05) is 27.7 Å². The van der Waals surface area contributed by atoms with Crippen LogP contribution in [-0.4, -0.2) is 25.4 Å². The highest BCUT2D eigenvalue weighted by molar-refractivity contribution is 4.73. The van der Waals surface area contributed by atoms with E-state index in [4.69, 9.17) is 0 Å². The van der Waals surface area contributed by atoms with Gasteiger partial charge in [-0.15, -0.1) is 0 Å². The lowest BCUT2D eigenvalue weighted by Crippen LogP contribution is -2.55. The molecule has 0 radical (unpaired) electrons. The van der Waals surface area contributed by atoms with E-state index in [1.165, 1.54) is 0 Å². The largest absolute Gasteiger partial charge is 0.304 e. The van der Waals surface area contributed by atoms with E-state index < -0.39 is 0 Å². The summed E-state index contributed by atoms with van der Waals surface area (Å²) in [5.74, 6) is 0. The molecule has 0 saturated heterocycles. The summed E-state index contributed by atoms with van der Waals surface area (Å²) in [7, 11) is 0. The first-order valence-electron chi connectivity index (χ1n) is 5.47. The lowest BCUT2D eigenvalue weighted by molar-refractivity contribution is 0.290. The molecule has 0 spiro atoms. The van der Waals surface area contributed by atoms with Crippen LogP contribution >= 0.6 is 0 Å². The van der Waals surface area contributed by atoms with E-state index in [9.17, 15) is 0 Å². The fourth-order valence-corrected chi connectivity index (χ4v) is 1.23. The van der Waals surface area contributed by atoms with E-state index in [0.717, 1.165) is 19.8 Å². The monoisotopic (exact) mass is 201 g/mol. The minimum Gasteiger partial charge on any atom is -0.304 e. The van der Waals surface area contributed by atoms with Crippen LogP contribution in [0.2, 0.25) is 0 Å². The summed E-state index contributed by atoms with van der Waals surface area (Å²) in [4.78, 5) is 0. The van der Waals surface area contributed by atoms with Crippen molar-refractivity contribution in [2.75, 3.05) is 19.8 Å². The molecule has 0 aliphatic rings. The van der Waals surface area contributed by atoms with Gasteiger partial charge in [-0.25, -0.2) is 0 Å². The first-order chi connectivity index (χ1) is 6.27. The third-order valence-corrected chi connectivity index (χ3v) is 1.93. The summed E-state index contributed by atoms with van der Waals surface area (Å²) in [6, 6.07) is 0. The van der Waals surface area contributed by atoms with Crippen LogP contribution in [0.4, 0.5) is 0 Å². The molecular formula is C11H27N3. The van der Waals surface area contributed by atoms with E-state index in [2.05, 4.69) is 57.5 Å². The molecule has 0 fully saturated rings. The van der Waals surface area contributed by atoms with Crippen molar-refractivity contribution < 1.29 is 0 Å². The molecular weight excluding hydrogens is 174 g/mol. The second-order valence-corrected chi connectivity index (χ2v) is 5.50. The molecule has 0 unspecified atom stereocenters. The summed E-state index contributed by atoms with van der Waals surface area (Å²) >= 11 is 0. The fourth-order valence-electron chi connectivity index (χ4n) is 1.23. The third kappa shape index (κ3) is 8.48. The fraction of sp³-hybridized carbons (Fsp3) is 1.00. The van der Waals surface area contributed by atoms with Crippen LogP contribution in [0.5, 0.6) is 0 Å². The van der Waals surface area contributed by atoms with Gasteiger partial charge in [-0.2, -0.15) is 0 Å². The molecule has 0 aromatic rings. The molecule has 3 heteroatoms. The quantitative estimate of drug-likeness (QED) is 0.450. The lowest BCUT2D eigenvalue weighted by atomic mass is 9.97. The number of rotatable bonds is 6. The van der Waals surface area contributed by atoms with Gasteiger partial charge in [-0.05, 0) is 25.8 Å². The molecule has 0 aliphatic carbocycles. The highest BCUT2D eigenvalue weighted by Crippen LogP contribution is 2.09. The zero-order chi connectivity index (χ0) is 11.2. The summed E-state index contributed by atoms with van der Waals surface area (Å²) in [5.41, 5.74) is 0.365. The molecule has 0 heterocycles. The molecule has 0 saturated carbocycles. The molecule has 3 nitrogen and oxygen atoms in total. The van der Waals surface area contributed by atoms with Crippen molar-refractivity contribution in [2.24, 2.45) is 5.41 Å². The number of hydrogen-bond acceptors (Lipinski definition) is 3. The maximum absolute atomic E-state index is 3.41. The van der Waals surface area contributed by atoms with Crippen molar-refractivity contribution in [1.29, 1.82) is 0 Å². The summed E-state index contributed by atoms with van der Waals surface area (Å²) in [6.45, 7) is 16.0. The van der Waals surface area contributed by atoms with Gasteiger partial charge in [0.15, 0.2) is 0 Å². The maximum atomic E-state index is 3.41. The van der Waals surface area contributed by atoms with Crippen molar-refractivity contribution >= 4 is 0 Å². The first kappa shape index (κ1) is 13.9. The Morgan fingerprint density at radius 1 is 0.929 bits per heavy atom. The van der Waals surface area contributed by atoms with Crippen LogP contribution in [0.15, 0.2) is 0 Å². The van der Waals surface area contributed by atoms with Crippen LogP contribution in [0.1, 0.15) is 41.5 Å². The Labute approximate surface area is 89.0 Å². The second kappa shape index (κ2) is 5.69. The molecule has 0 aromatic heterocycles. The lowest BCUT2D eigenvalue weighted by Gasteiger charge is -2.28. The van der Waals surface area contributed by atoms with Gasteiger partial charge in [0, 0.05) is 13.2 Å². The van der Waals surface area contributed by atoms with E-state index in [1.54, 1.807) is 0 Å². The van der Waals surface area contributed by atoms with Crippen molar-refractivity contribution in [3.05, 3.63) is 0 Å². The molecule has 0 rings (SSSR count). The van der Waals surface area contributed by atoms with Gasteiger partial charge in [0.05, 0.1) is 5.66 Å². The smallest absolute Gasteiger partial charge is 0.0638 e. The number of nitrogens with one attached hydrogen (secondary N) is 3. The average Bonchev–Trinajstić information content (AvgIpc) is 1.96. The van der Waals surface area contributed by atoms with Gasteiger partial charge >= 0.3 is 0 Å². The summed E-state index contributed by atoms with van der Waals surface area (Å²) < 4.78 is 0. The van der Waals surface area contributed by atoms with Crippen LogP contribution in [0, 0.1) is 5.41 Å². The van der Waals surface area contributed by atoms with Gasteiger partial charge < -0.3 is 10.6 Å². The molecule has 0 aromatic carbocycles. The molecule has 0 atom stereocenters. The highest BCUT2D eigenvalue weighted by atomic mass is 15.2. The van der Waals surface area contributed by atoms with E-state index >= 15 is 0 Å². The van der Waals surface area contributed by atoms with E-state index in [0.29, 0.717) is 5.41 Å². The molecule has 86 valence electrons. The summed E-state index contributed by atoms with van der Waals surface area (Å²) in [6.07, 6.45) is 0. The Balaban J connectivity index is 3.54. The SMILES string of the molecule is CCNC(C)(C)NCNCC(C)(C)C. The van der Waals surface area contributed by atoms with Crippen molar-refractivity contribution in [1.82, 2.24) is 16.0 Å². The predicted octanol–water partition coefficient (Wildman–Crippen LogP) is 1.51. The molecule has 0 aliphatic heterocycles. The Hall–Kier alpha value is -0.120. The first-order valence-corrected chi connectivity index (χ1v) is 5.47. The van der Waals surface area contributed by atoms with Crippen LogP contribution in [0.25, 0.3) is 0 Å². The summed E-state index contributed by atoms with van der Waals surface area (Å²) in [5, 5.41) is 10.2. The van der Waals surface area contributed by atoms with Crippen molar-refractivity contribution in [2.45, 2.75) is 47.2 Å². The van der Waals surface area contributed by atoms with E-state index in [-0.39, 0.29) is 5.66 Å². The van der Waals surface area contributed by atoms with Gasteiger partial charge in [0.25, 0.3) is 0 Å². The topological polar surface area (TPSA) is 36.1 Å². The minimum atomic E-state index is 0.0135. The Bertz CT molecular complexity index is 147.